The monoisotopic (exact) mass is 242 g/mol. The van der Waals surface area contributed by atoms with Gasteiger partial charge in [-0.3, -0.25) is 9.80 Å². The van der Waals surface area contributed by atoms with Crippen molar-refractivity contribution in [3.8, 4) is 0 Å². The molecule has 2 rings (SSSR count). The Morgan fingerprint density at radius 3 is 2.59 bits per heavy atom. The number of aliphatic hydroxyl groups is 1. The second kappa shape index (κ2) is 6.69. The minimum atomic E-state index is 0.281. The Balaban J connectivity index is 1.71. The fourth-order valence-electron chi connectivity index (χ4n) is 2.88. The van der Waals surface area contributed by atoms with Crippen LogP contribution in [0, 0.1) is 0 Å². The van der Waals surface area contributed by atoms with Crippen LogP contribution in [0.4, 0.5) is 0 Å². The smallest absolute Gasteiger partial charge is 0.0706 e. The minimum Gasteiger partial charge on any atom is -0.395 e. The molecule has 0 spiro atoms. The van der Waals surface area contributed by atoms with Crippen molar-refractivity contribution in [1.29, 1.82) is 0 Å². The van der Waals surface area contributed by atoms with Gasteiger partial charge in [-0.05, 0) is 39.3 Å². The summed E-state index contributed by atoms with van der Waals surface area (Å²) in [6.45, 7) is 8.88. The molecule has 4 heteroatoms. The molecule has 0 aliphatic carbocycles. The highest BCUT2D eigenvalue weighted by atomic mass is 16.5. The van der Waals surface area contributed by atoms with Gasteiger partial charge in [-0.2, -0.15) is 0 Å². The molecule has 0 aromatic rings. The van der Waals surface area contributed by atoms with Gasteiger partial charge >= 0.3 is 0 Å². The second-order valence-electron chi connectivity index (χ2n) is 5.37. The zero-order valence-electron chi connectivity index (χ0n) is 11.0. The maximum Gasteiger partial charge on any atom is 0.0706 e. The van der Waals surface area contributed by atoms with Gasteiger partial charge < -0.3 is 9.84 Å². The summed E-state index contributed by atoms with van der Waals surface area (Å²) in [7, 11) is 0. The van der Waals surface area contributed by atoms with Crippen LogP contribution < -0.4 is 0 Å². The van der Waals surface area contributed by atoms with Gasteiger partial charge in [-0.1, -0.05) is 0 Å². The van der Waals surface area contributed by atoms with Gasteiger partial charge in [0.2, 0.25) is 0 Å². The summed E-state index contributed by atoms with van der Waals surface area (Å²) in [6.07, 6.45) is 4.56. The first-order valence-electron chi connectivity index (χ1n) is 6.99. The van der Waals surface area contributed by atoms with Crippen LogP contribution >= 0.6 is 0 Å². The Morgan fingerprint density at radius 2 is 1.88 bits per heavy atom. The molecule has 17 heavy (non-hydrogen) atoms. The Morgan fingerprint density at radius 1 is 1.12 bits per heavy atom. The van der Waals surface area contributed by atoms with Crippen molar-refractivity contribution in [2.45, 2.75) is 38.4 Å². The van der Waals surface area contributed by atoms with Crippen LogP contribution in [0.1, 0.15) is 26.2 Å². The van der Waals surface area contributed by atoms with Crippen molar-refractivity contribution in [2.75, 3.05) is 45.9 Å². The van der Waals surface area contributed by atoms with Crippen molar-refractivity contribution >= 4 is 0 Å². The van der Waals surface area contributed by atoms with E-state index in [2.05, 4.69) is 16.7 Å². The molecule has 4 nitrogen and oxygen atoms in total. The summed E-state index contributed by atoms with van der Waals surface area (Å²) in [5.41, 5.74) is 0. The van der Waals surface area contributed by atoms with Gasteiger partial charge in [0.15, 0.2) is 0 Å². The molecule has 2 atom stereocenters. The number of β-amino-alcohol motifs (C(OH)–C–C–N with tert-alkyl or cyclic N) is 1. The van der Waals surface area contributed by atoms with Crippen molar-refractivity contribution in [2.24, 2.45) is 0 Å². The lowest BCUT2D eigenvalue weighted by molar-refractivity contribution is 0.0321. The molecule has 2 aliphatic heterocycles. The van der Waals surface area contributed by atoms with Crippen LogP contribution in [-0.4, -0.2) is 73.0 Å². The number of rotatable bonds is 4. The lowest BCUT2D eigenvalue weighted by Gasteiger charge is -2.24. The topological polar surface area (TPSA) is 35.9 Å². The molecular weight excluding hydrogens is 216 g/mol. The molecule has 0 amide bonds. The summed E-state index contributed by atoms with van der Waals surface area (Å²) in [5.74, 6) is 0. The summed E-state index contributed by atoms with van der Waals surface area (Å²) < 4.78 is 5.88. The highest BCUT2D eigenvalue weighted by Crippen LogP contribution is 2.20. The zero-order valence-corrected chi connectivity index (χ0v) is 11.0. The third-order valence-electron chi connectivity index (χ3n) is 3.88. The Bertz CT molecular complexity index is 225. The number of ether oxygens (including phenoxy) is 1. The largest absolute Gasteiger partial charge is 0.395 e. The molecule has 2 heterocycles. The van der Waals surface area contributed by atoms with Crippen LogP contribution in [0.5, 0.6) is 0 Å². The summed E-state index contributed by atoms with van der Waals surface area (Å²) >= 11 is 0. The molecular formula is C13H26N2O2. The van der Waals surface area contributed by atoms with Gasteiger partial charge in [0.25, 0.3) is 0 Å². The van der Waals surface area contributed by atoms with Crippen LogP contribution in [0.2, 0.25) is 0 Å². The van der Waals surface area contributed by atoms with Crippen molar-refractivity contribution in [3.63, 3.8) is 0 Å². The highest BCUT2D eigenvalue weighted by Gasteiger charge is 2.24. The predicted molar refractivity (Wildman–Crippen MR) is 68.2 cm³/mol. The van der Waals surface area contributed by atoms with E-state index in [9.17, 15) is 0 Å². The van der Waals surface area contributed by atoms with E-state index in [0.717, 1.165) is 32.7 Å². The fraction of sp³-hybridized carbons (Fsp3) is 1.00. The zero-order chi connectivity index (χ0) is 12.1. The van der Waals surface area contributed by atoms with Crippen LogP contribution in [0.15, 0.2) is 0 Å². The average molecular weight is 242 g/mol. The minimum absolute atomic E-state index is 0.281. The molecule has 2 saturated heterocycles. The summed E-state index contributed by atoms with van der Waals surface area (Å²) in [4.78, 5) is 4.89. The van der Waals surface area contributed by atoms with E-state index in [1.54, 1.807) is 0 Å². The van der Waals surface area contributed by atoms with Crippen LogP contribution in [0.3, 0.4) is 0 Å². The molecule has 0 aromatic heterocycles. The Kier molecular flexibility index (Phi) is 5.22. The summed E-state index contributed by atoms with van der Waals surface area (Å²) in [6, 6.07) is 0. The number of hydrogen-bond donors (Lipinski definition) is 1. The maximum atomic E-state index is 8.96. The van der Waals surface area contributed by atoms with Gasteiger partial charge in [0.1, 0.15) is 0 Å². The van der Waals surface area contributed by atoms with Gasteiger partial charge in [0.05, 0.1) is 18.8 Å². The molecule has 2 aliphatic rings. The van der Waals surface area contributed by atoms with Crippen LogP contribution in [-0.2, 0) is 4.74 Å². The number of aliphatic hydroxyl groups excluding tert-OH is 1. The van der Waals surface area contributed by atoms with Gasteiger partial charge in [0, 0.05) is 26.2 Å². The molecule has 0 radical (unpaired) electrons. The van der Waals surface area contributed by atoms with E-state index in [4.69, 9.17) is 9.84 Å². The quantitative estimate of drug-likeness (QED) is 0.781. The molecule has 2 fully saturated rings. The lowest BCUT2D eigenvalue weighted by Crippen LogP contribution is -2.36. The van der Waals surface area contributed by atoms with Gasteiger partial charge in [-0.15, -0.1) is 0 Å². The standard InChI is InChI=1S/C13H26N2O2/c1-12-3-4-13(17-12)11-15-6-2-5-14(7-8-15)9-10-16/h12-13,16H,2-11H2,1H3. The first-order chi connectivity index (χ1) is 8.28. The average Bonchev–Trinajstić information content (AvgIpc) is 2.58. The molecule has 0 aromatic carbocycles. The highest BCUT2D eigenvalue weighted by molar-refractivity contribution is 4.77. The van der Waals surface area contributed by atoms with Crippen molar-refractivity contribution in [3.05, 3.63) is 0 Å². The van der Waals surface area contributed by atoms with Crippen molar-refractivity contribution in [1.82, 2.24) is 9.80 Å². The first-order valence-corrected chi connectivity index (χ1v) is 6.99. The molecule has 100 valence electrons. The van der Waals surface area contributed by atoms with Gasteiger partial charge in [-0.25, -0.2) is 0 Å². The Labute approximate surface area is 105 Å². The Hall–Kier alpha value is -0.160. The number of hydrogen-bond acceptors (Lipinski definition) is 4. The third-order valence-corrected chi connectivity index (χ3v) is 3.88. The molecule has 2 unspecified atom stereocenters. The molecule has 0 saturated carbocycles. The predicted octanol–water partition coefficient (Wildman–Crippen LogP) is 0.554. The van der Waals surface area contributed by atoms with E-state index in [-0.39, 0.29) is 6.61 Å². The SMILES string of the molecule is CC1CCC(CN2CCCN(CCO)CC2)O1. The lowest BCUT2D eigenvalue weighted by atomic mass is 10.2. The third kappa shape index (κ3) is 4.21. The van der Waals surface area contributed by atoms with E-state index in [1.807, 2.05) is 0 Å². The van der Waals surface area contributed by atoms with Crippen molar-refractivity contribution < 1.29 is 9.84 Å². The second-order valence-corrected chi connectivity index (χ2v) is 5.37. The normalized spacial score (nSPS) is 32.8. The van der Waals surface area contributed by atoms with Crippen LogP contribution in [0.25, 0.3) is 0 Å². The fourth-order valence-corrected chi connectivity index (χ4v) is 2.88. The number of nitrogens with zero attached hydrogens (tertiary/aromatic N) is 2. The molecule has 0 bridgehead atoms. The first kappa shape index (κ1) is 13.3. The summed E-state index contributed by atoms with van der Waals surface area (Å²) in [5, 5.41) is 8.96. The van der Waals surface area contributed by atoms with E-state index >= 15 is 0 Å². The molecule has 1 N–H and O–H groups in total. The van der Waals surface area contributed by atoms with E-state index in [0.29, 0.717) is 12.2 Å². The van der Waals surface area contributed by atoms with E-state index in [1.165, 1.54) is 25.8 Å². The van der Waals surface area contributed by atoms with E-state index < -0.39 is 0 Å². The maximum absolute atomic E-state index is 8.96.